The third-order valence-electron chi connectivity index (χ3n) is 4.99. The van der Waals surface area contributed by atoms with Crippen molar-refractivity contribution in [2.24, 2.45) is 5.92 Å². The van der Waals surface area contributed by atoms with Crippen LogP contribution in [0.3, 0.4) is 0 Å². The van der Waals surface area contributed by atoms with Crippen molar-refractivity contribution in [1.29, 1.82) is 0 Å². The molecule has 0 radical (unpaired) electrons. The number of aromatic nitrogens is 4. The van der Waals surface area contributed by atoms with Gasteiger partial charge in [-0.05, 0) is 53.8 Å². The number of carbonyl (C=O) groups excluding carboxylic acids is 1. The van der Waals surface area contributed by atoms with Gasteiger partial charge < -0.3 is 4.90 Å². The van der Waals surface area contributed by atoms with Crippen molar-refractivity contribution in [1.82, 2.24) is 25.1 Å². The SMILES string of the molecule is CC[C@@H]1CCCN(C(=O)[C@@H](Cc2ccc(F)cc2)n2nnnc2C)C1. The molecule has 6 nitrogen and oxygen atoms in total. The first-order chi connectivity index (χ1) is 12.1. The molecule has 1 aromatic carbocycles. The number of benzene rings is 1. The molecule has 1 aromatic heterocycles. The lowest BCUT2D eigenvalue weighted by molar-refractivity contribution is -0.137. The molecule has 1 aliphatic heterocycles. The molecule has 7 heteroatoms. The van der Waals surface area contributed by atoms with Crippen LogP contribution in [-0.4, -0.2) is 44.1 Å². The zero-order valence-electron chi connectivity index (χ0n) is 14.7. The third-order valence-corrected chi connectivity index (χ3v) is 4.99. The highest BCUT2D eigenvalue weighted by atomic mass is 19.1. The van der Waals surface area contributed by atoms with E-state index in [1.807, 2.05) is 4.90 Å². The minimum absolute atomic E-state index is 0.0397. The van der Waals surface area contributed by atoms with Gasteiger partial charge in [0.15, 0.2) is 0 Å². The summed E-state index contributed by atoms with van der Waals surface area (Å²) < 4.78 is 14.8. The first kappa shape index (κ1) is 17.5. The van der Waals surface area contributed by atoms with Crippen LogP contribution < -0.4 is 0 Å². The first-order valence-corrected chi connectivity index (χ1v) is 8.86. The molecule has 25 heavy (non-hydrogen) atoms. The molecule has 0 aliphatic carbocycles. The van der Waals surface area contributed by atoms with Gasteiger partial charge in [0, 0.05) is 19.5 Å². The maximum atomic E-state index is 13.2. The van der Waals surface area contributed by atoms with E-state index in [-0.39, 0.29) is 11.7 Å². The van der Waals surface area contributed by atoms with Gasteiger partial charge in [0.1, 0.15) is 17.7 Å². The average molecular weight is 345 g/mol. The van der Waals surface area contributed by atoms with Gasteiger partial charge in [-0.1, -0.05) is 25.5 Å². The Kier molecular flexibility index (Phi) is 5.40. The molecule has 0 spiro atoms. The Morgan fingerprint density at radius 2 is 2.12 bits per heavy atom. The lowest BCUT2D eigenvalue weighted by Crippen LogP contribution is -2.44. The zero-order valence-corrected chi connectivity index (χ0v) is 14.7. The van der Waals surface area contributed by atoms with Gasteiger partial charge in [0.25, 0.3) is 0 Å². The highest BCUT2D eigenvalue weighted by molar-refractivity contribution is 5.80. The van der Waals surface area contributed by atoms with Crippen LogP contribution in [0.25, 0.3) is 0 Å². The number of likely N-dealkylation sites (tertiary alicyclic amines) is 1. The van der Waals surface area contributed by atoms with Crippen molar-refractivity contribution in [2.75, 3.05) is 13.1 Å². The number of aryl methyl sites for hydroxylation is 1. The Morgan fingerprint density at radius 1 is 1.36 bits per heavy atom. The second-order valence-electron chi connectivity index (χ2n) is 6.72. The van der Waals surface area contributed by atoms with Crippen LogP contribution in [0.1, 0.15) is 43.6 Å². The molecule has 0 unspecified atom stereocenters. The Balaban J connectivity index is 1.84. The average Bonchev–Trinajstić information content (AvgIpc) is 3.06. The fraction of sp³-hybridized carbons (Fsp3) is 0.556. The van der Waals surface area contributed by atoms with E-state index < -0.39 is 6.04 Å². The van der Waals surface area contributed by atoms with Crippen LogP contribution in [0.15, 0.2) is 24.3 Å². The molecule has 2 heterocycles. The van der Waals surface area contributed by atoms with Crippen LogP contribution in [0.4, 0.5) is 4.39 Å². The maximum absolute atomic E-state index is 13.2. The molecule has 1 saturated heterocycles. The molecule has 2 atom stereocenters. The van der Waals surface area contributed by atoms with E-state index in [1.165, 1.54) is 18.6 Å². The van der Waals surface area contributed by atoms with Crippen molar-refractivity contribution in [3.63, 3.8) is 0 Å². The summed E-state index contributed by atoms with van der Waals surface area (Å²) in [5, 5.41) is 11.6. The maximum Gasteiger partial charge on any atom is 0.247 e. The topological polar surface area (TPSA) is 63.9 Å². The largest absolute Gasteiger partial charge is 0.341 e. The third kappa shape index (κ3) is 4.03. The molecule has 1 fully saturated rings. The normalized spacial score (nSPS) is 19.0. The molecule has 0 saturated carbocycles. The second-order valence-corrected chi connectivity index (χ2v) is 6.72. The van der Waals surface area contributed by atoms with Crippen LogP contribution in [0.5, 0.6) is 0 Å². The minimum atomic E-state index is -0.504. The summed E-state index contributed by atoms with van der Waals surface area (Å²) in [6.07, 6.45) is 3.73. The molecular weight excluding hydrogens is 321 g/mol. The summed E-state index contributed by atoms with van der Waals surface area (Å²) in [5.74, 6) is 0.911. The predicted molar refractivity (Wildman–Crippen MR) is 91.3 cm³/mol. The van der Waals surface area contributed by atoms with Gasteiger partial charge in [0.05, 0.1) is 0 Å². The quantitative estimate of drug-likeness (QED) is 0.835. The van der Waals surface area contributed by atoms with E-state index in [4.69, 9.17) is 0 Å². The van der Waals surface area contributed by atoms with Gasteiger partial charge in [-0.15, -0.1) is 5.10 Å². The first-order valence-electron chi connectivity index (χ1n) is 8.86. The van der Waals surface area contributed by atoms with E-state index in [9.17, 15) is 9.18 Å². The van der Waals surface area contributed by atoms with Crippen LogP contribution in [0, 0.1) is 18.7 Å². The Bertz CT molecular complexity index is 715. The summed E-state index contributed by atoms with van der Waals surface area (Å²) in [5.41, 5.74) is 0.888. The number of hydrogen-bond acceptors (Lipinski definition) is 4. The Morgan fingerprint density at radius 3 is 2.76 bits per heavy atom. The van der Waals surface area contributed by atoms with Gasteiger partial charge in [-0.2, -0.15) is 0 Å². The number of nitrogens with zero attached hydrogens (tertiary/aromatic N) is 5. The molecule has 3 rings (SSSR count). The highest BCUT2D eigenvalue weighted by Gasteiger charge is 2.31. The Hall–Kier alpha value is -2.31. The van der Waals surface area contributed by atoms with Crippen molar-refractivity contribution in [3.05, 3.63) is 41.5 Å². The van der Waals surface area contributed by atoms with Crippen molar-refractivity contribution in [2.45, 2.75) is 45.6 Å². The van der Waals surface area contributed by atoms with Crippen LogP contribution in [0.2, 0.25) is 0 Å². The van der Waals surface area contributed by atoms with E-state index >= 15 is 0 Å². The summed E-state index contributed by atoms with van der Waals surface area (Å²) in [7, 11) is 0. The van der Waals surface area contributed by atoms with Crippen LogP contribution in [-0.2, 0) is 11.2 Å². The number of rotatable bonds is 5. The smallest absolute Gasteiger partial charge is 0.247 e. The highest BCUT2D eigenvalue weighted by Crippen LogP contribution is 2.24. The fourth-order valence-electron chi connectivity index (χ4n) is 3.46. The number of hydrogen-bond donors (Lipinski definition) is 0. The van der Waals surface area contributed by atoms with E-state index in [1.54, 1.807) is 23.7 Å². The zero-order chi connectivity index (χ0) is 17.8. The number of carbonyl (C=O) groups is 1. The molecule has 2 aromatic rings. The lowest BCUT2D eigenvalue weighted by Gasteiger charge is -2.34. The molecule has 1 aliphatic rings. The number of halogens is 1. The predicted octanol–water partition coefficient (Wildman–Crippen LogP) is 2.55. The van der Waals surface area contributed by atoms with E-state index in [0.717, 1.165) is 31.5 Å². The number of tetrazole rings is 1. The molecule has 1 amide bonds. The standard InChI is InChI=1S/C18H24FN5O/c1-3-14-5-4-10-23(12-14)18(25)17(24-13(2)20-21-22-24)11-15-6-8-16(19)9-7-15/h6-9,14,17H,3-5,10-12H2,1-2H3/t14-,17-/m1/s1. The molecule has 134 valence electrons. The summed E-state index contributed by atoms with van der Waals surface area (Å²) in [4.78, 5) is 15.2. The monoisotopic (exact) mass is 345 g/mol. The van der Waals surface area contributed by atoms with Crippen molar-refractivity contribution >= 4 is 5.91 Å². The summed E-state index contributed by atoms with van der Waals surface area (Å²) >= 11 is 0. The van der Waals surface area contributed by atoms with Gasteiger partial charge >= 0.3 is 0 Å². The van der Waals surface area contributed by atoms with Crippen LogP contribution >= 0.6 is 0 Å². The van der Waals surface area contributed by atoms with Gasteiger partial charge in [-0.3, -0.25) is 4.79 Å². The molecular formula is C18H24FN5O. The number of piperidine rings is 1. The molecule has 0 N–H and O–H groups in total. The van der Waals surface area contributed by atoms with Crippen molar-refractivity contribution < 1.29 is 9.18 Å². The van der Waals surface area contributed by atoms with Gasteiger partial charge in [0.2, 0.25) is 5.91 Å². The molecule has 0 bridgehead atoms. The van der Waals surface area contributed by atoms with Gasteiger partial charge in [-0.25, -0.2) is 9.07 Å². The lowest BCUT2D eigenvalue weighted by atomic mass is 9.94. The van der Waals surface area contributed by atoms with Crippen molar-refractivity contribution in [3.8, 4) is 0 Å². The summed E-state index contributed by atoms with van der Waals surface area (Å²) in [6.45, 7) is 5.52. The Labute approximate surface area is 147 Å². The summed E-state index contributed by atoms with van der Waals surface area (Å²) in [6, 6.07) is 5.74. The van der Waals surface area contributed by atoms with E-state index in [0.29, 0.717) is 18.2 Å². The number of amides is 1. The fourth-order valence-corrected chi connectivity index (χ4v) is 3.46. The minimum Gasteiger partial charge on any atom is -0.341 e. The second kappa shape index (κ2) is 7.72. The van der Waals surface area contributed by atoms with E-state index in [2.05, 4.69) is 22.4 Å².